The third kappa shape index (κ3) is 2.84. The van der Waals surface area contributed by atoms with Crippen molar-refractivity contribution >= 4 is 23.1 Å². The number of allylic oxidation sites excluding steroid dienone is 2. The molecule has 23 heavy (non-hydrogen) atoms. The summed E-state index contributed by atoms with van der Waals surface area (Å²) in [6.07, 6.45) is 1.27. The fourth-order valence-electron chi connectivity index (χ4n) is 3.64. The van der Waals surface area contributed by atoms with E-state index in [1.54, 1.807) is 0 Å². The van der Waals surface area contributed by atoms with Crippen LogP contribution in [0.1, 0.15) is 45.1 Å². The monoisotopic (exact) mass is 326 g/mol. The molecule has 0 saturated heterocycles. The Morgan fingerprint density at radius 1 is 1.26 bits per heavy atom. The number of hydrogen-bond donors (Lipinski definition) is 0. The van der Waals surface area contributed by atoms with E-state index in [1.165, 1.54) is 0 Å². The first-order chi connectivity index (χ1) is 10.8. The summed E-state index contributed by atoms with van der Waals surface area (Å²) >= 11 is 5.99. The summed E-state index contributed by atoms with van der Waals surface area (Å²) in [5, 5.41) is 10.3. The molecular weight excluding hydrogens is 308 g/mol. The van der Waals surface area contributed by atoms with Gasteiger partial charge in [0.25, 0.3) is 0 Å². The van der Waals surface area contributed by atoms with Crippen LogP contribution in [-0.2, 0) is 4.79 Å². The Morgan fingerprint density at radius 3 is 2.52 bits per heavy atom. The van der Waals surface area contributed by atoms with Crippen molar-refractivity contribution in [3.05, 3.63) is 46.1 Å². The van der Waals surface area contributed by atoms with Gasteiger partial charge in [-0.25, -0.2) is 0 Å². The van der Waals surface area contributed by atoms with Crippen LogP contribution in [0.2, 0.25) is 5.02 Å². The fourth-order valence-corrected chi connectivity index (χ4v) is 3.77. The van der Waals surface area contributed by atoms with Gasteiger partial charge >= 0.3 is 0 Å². The Balaban J connectivity index is 2.17. The summed E-state index contributed by atoms with van der Waals surface area (Å²) in [5.41, 5.74) is 3.25. The maximum atomic E-state index is 12.8. The number of halogens is 1. The van der Waals surface area contributed by atoms with E-state index in [0.29, 0.717) is 11.4 Å². The highest BCUT2D eigenvalue weighted by Gasteiger charge is 2.42. The lowest BCUT2D eigenvalue weighted by atomic mass is 9.67. The number of carbonyl (C=O) groups is 1. The average Bonchev–Trinajstić information content (AvgIpc) is 2.45. The predicted molar refractivity (Wildman–Crippen MR) is 91.5 cm³/mol. The molecule has 0 fully saturated rings. The Bertz CT molecular complexity index is 766. The molecule has 0 saturated carbocycles. The third-order valence-electron chi connectivity index (χ3n) is 4.67. The van der Waals surface area contributed by atoms with Gasteiger partial charge in [0.15, 0.2) is 5.78 Å². The number of benzene rings is 1. The number of ketones is 1. The van der Waals surface area contributed by atoms with Crippen LogP contribution in [0.15, 0.2) is 40.5 Å². The molecule has 118 valence electrons. The first-order valence-electron chi connectivity index (χ1n) is 7.79. The average molecular weight is 327 g/mol. The first-order valence-corrected chi connectivity index (χ1v) is 8.17. The SMILES string of the molecule is CC1=NC2=C(C(=O)CC(C)(C)C2)[C@@H](c2ccc(Cl)cc2)C1C#N. The predicted octanol–water partition coefficient (Wildman–Crippen LogP) is 4.68. The van der Waals surface area contributed by atoms with Crippen molar-refractivity contribution in [1.29, 1.82) is 5.26 Å². The molecule has 1 aromatic carbocycles. The minimum atomic E-state index is -0.403. The van der Waals surface area contributed by atoms with Crippen molar-refractivity contribution in [2.45, 2.75) is 39.5 Å². The van der Waals surface area contributed by atoms with Crippen LogP contribution in [0.4, 0.5) is 0 Å². The Kier molecular flexibility index (Phi) is 3.90. The van der Waals surface area contributed by atoms with Gasteiger partial charge in [-0.3, -0.25) is 9.79 Å². The lowest BCUT2D eigenvalue weighted by Gasteiger charge is -2.37. The molecular formula is C19H19ClN2O. The Hall–Kier alpha value is -1.92. The van der Waals surface area contributed by atoms with Crippen molar-refractivity contribution in [1.82, 2.24) is 0 Å². The summed E-state index contributed by atoms with van der Waals surface area (Å²) in [5.74, 6) is -0.527. The van der Waals surface area contributed by atoms with Gasteiger partial charge < -0.3 is 0 Å². The number of Topliss-reactive ketones (excluding diaryl/α,β-unsaturated/α-hetero) is 1. The minimum Gasteiger partial charge on any atom is -0.294 e. The molecule has 1 aliphatic heterocycles. The number of rotatable bonds is 1. The van der Waals surface area contributed by atoms with E-state index in [9.17, 15) is 10.1 Å². The standard InChI is InChI=1S/C19H19ClN2O/c1-11-14(10-21)17(12-4-6-13(20)7-5-12)18-15(22-11)8-19(2,3)9-16(18)23/h4-7,14,17H,8-9H2,1-3H3/t14?,17-/m0/s1. The van der Waals surface area contributed by atoms with E-state index >= 15 is 0 Å². The number of nitrogens with zero attached hydrogens (tertiary/aromatic N) is 2. The van der Waals surface area contributed by atoms with Crippen molar-refractivity contribution in [2.24, 2.45) is 16.3 Å². The van der Waals surface area contributed by atoms with Gasteiger partial charge in [0, 0.05) is 34.3 Å². The lowest BCUT2D eigenvalue weighted by Crippen LogP contribution is -2.35. The summed E-state index contributed by atoms with van der Waals surface area (Å²) in [6.45, 7) is 6.06. The Morgan fingerprint density at radius 2 is 1.91 bits per heavy atom. The summed E-state index contributed by atoms with van der Waals surface area (Å²) < 4.78 is 0. The van der Waals surface area contributed by atoms with Crippen molar-refractivity contribution in [3.8, 4) is 6.07 Å². The van der Waals surface area contributed by atoms with Gasteiger partial charge in [-0.2, -0.15) is 5.26 Å². The summed E-state index contributed by atoms with van der Waals surface area (Å²) in [6, 6.07) is 9.78. The molecule has 0 spiro atoms. The smallest absolute Gasteiger partial charge is 0.161 e. The molecule has 1 unspecified atom stereocenters. The van der Waals surface area contributed by atoms with Crippen LogP contribution in [0.5, 0.6) is 0 Å². The van der Waals surface area contributed by atoms with Crippen molar-refractivity contribution < 1.29 is 4.79 Å². The molecule has 4 heteroatoms. The van der Waals surface area contributed by atoms with Crippen LogP contribution in [0, 0.1) is 22.7 Å². The molecule has 1 aliphatic carbocycles. The van der Waals surface area contributed by atoms with Crippen LogP contribution < -0.4 is 0 Å². The molecule has 1 aromatic rings. The second-order valence-corrected chi connectivity index (χ2v) is 7.63. The number of carbonyl (C=O) groups excluding carboxylic acids is 1. The van der Waals surface area contributed by atoms with Gasteiger partial charge in [0.2, 0.25) is 0 Å². The highest BCUT2D eigenvalue weighted by molar-refractivity contribution is 6.30. The summed E-state index contributed by atoms with van der Waals surface area (Å²) in [4.78, 5) is 17.4. The highest BCUT2D eigenvalue weighted by atomic mass is 35.5. The van der Waals surface area contributed by atoms with Crippen molar-refractivity contribution in [3.63, 3.8) is 0 Å². The van der Waals surface area contributed by atoms with Crippen LogP contribution in [0.25, 0.3) is 0 Å². The zero-order chi connectivity index (χ0) is 16.8. The summed E-state index contributed by atoms with van der Waals surface area (Å²) in [7, 11) is 0. The topological polar surface area (TPSA) is 53.2 Å². The van der Waals surface area contributed by atoms with Gasteiger partial charge in [0.1, 0.15) is 0 Å². The van der Waals surface area contributed by atoms with E-state index in [1.807, 2.05) is 31.2 Å². The maximum absolute atomic E-state index is 12.8. The molecule has 0 amide bonds. The van der Waals surface area contributed by atoms with E-state index in [-0.39, 0.29) is 17.1 Å². The van der Waals surface area contributed by atoms with Crippen molar-refractivity contribution in [2.75, 3.05) is 0 Å². The fraction of sp³-hybridized carbons (Fsp3) is 0.421. The van der Waals surface area contributed by atoms with Gasteiger partial charge in [-0.15, -0.1) is 0 Å². The highest BCUT2D eigenvalue weighted by Crippen LogP contribution is 2.47. The van der Waals surface area contributed by atoms with E-state index in [0.717, 1.165) is 29.0 Å². The normalized spacial score (nSPS) is 26.4. The molecule has 0 bridgehead atoms. The Labute approximate surface area is 141 Å². The van der Waals surface area contributed by atoms with Gasteiger partial charge in [-0.1, -0.05) is 37.6 Å². The third-order valence-corrected chi connectivity index (χ3v) is 4.92. The number of hydrogen-bond acceptors (Lipinski definition) is 3. The van der Waals surface area contributed by atoms with Crippen LogP contribution in [0.3, 0.4) is 0 Å². The van der Waals surface area contributed by atoms with Gasteiger partial charge in [0.05, 0.1) is 12.0 Å². The molecule has 3 rings (SSSR count). The number of nitriles is 1. The zero-order valence-electron chi connectivity index (χ0n) is 13.6. The second kappa shape index (κ2) is 5.62. The zero-order valence-corrected chi connectivity index (χ0v) is 14.3. The maximum Gasteiger partial charge on any atom is 0.161 e. The quantitative estimate of drug-likeness (QED) is 0.752. The van der Waals surface area contributed by atoms with Crippen LogP contribution >= 0.6 is 11.6 Å². The molecule has 1 heterocycles. The van der Waals surface area contributed by atoms with E-state index in [4.69, 9.17) is 11.6 Å². The number of aliphatic imine (C=N–C) groups is 1. The first kappa shape index (κ1) is 16.0. The molecule has 3 nitrogen and oxygen atoms in total. The lowest BCUT2D eigenvalue weighted by molar-refractivity contribution is -0.118. The molecule has 2 atom stereocenters. The molecule has 2 aliphatic rings. The molecule has 0 radical (unpaired) electrons. The molecule has 0 aromatic heterocycles. The second-order valence-electron chi connectivity index (χ2n) is 7.19. The largest absolute Gasteiger partial charge is 0.294 e. The van der Waals surface area contributed by atoms with E-state index < -0.39 is 5.92 Å². The van der Waals surface area contributed by atoms with Gasteiger partial charge in [-0.05, 0) is 36.5 Å². The van der Waals surface area contributed by atoms with E-state index in [2.05, 4.69) is 24.9 Å². The minimum absolute atomic E-state index is 0.0796. The van der Waals surface area contributed by atoms with Crippen LogP contribution in [-0.4, -0.2) is 11.5 Å². The molecule has 0 N–H and O–H groups in total.